The molecule has 0 bridgehead atoms. The van der Waals surface area contributed by atoms with Crippen LogP contribution in [0.4, 0.5) is 5.69 Å². The number of rotatable bonds is 3. The molecule has 26 heavy (non-hydrogen) atoms. The van der Waals surface area contributed by atoms with Crippen LogP contribution in [0.15, 0.2) is 48.8 Å². The number of hydrogen-bond acceptors (Lipinski definition) is 5. The van der Waals surface area contributed by atoms with Crippen LogP contribution in [0.5, 0.6) is 0 Å². The molecule has 0 unspecified atom stereocenters. The number of aromatic nitrogens is 4. The molecule has 0 saturated carbocycles. The number of benzene rings is 2. The van der Waals surface area contributed by atoms with Crippen LogP contribution in [0.3, 0.4) is 0 Å². The van der Waals surface area contributed by atoms with Gasteiger partial charge in [0.05, 0.1) is 5.69 Å². The topological polar surface area (TPSA) is 96.8 Å². The van der Waals surface area contributed by atoms with Gasteiger partial charge in [0.15, 0.2) is 5.11 Å². The van der Waals surface area contributed by atoms with Gasteiger partial charge < -0.3 is 5.32 Å². The minimum atomic E-state index is -0.334. The highest BCUT2D eigenvalue weighted by atomic mass is 35.5. The highest BCUT2D eigenvalue weighted by Crippen LogP contribution is 2.19. The van der Waals surface area contributed by atoms with Crippen molar-refractivity contribution in [2.45, 2.75) is 6.92 Å². The summed E-state index contributed by atoms with van der Waals surface area (Å²) in [5.41, 5.74) is 8.06. The maximum absolute atomic E-state index is 12.2. The smallest absolute Gasteiger partial charge is 0.269 e. The number of tetrazole rings is 1. The van der Waals surface area contributed by atoms with Crippen LogP contribution >= 0.6 is 23.8 Å². The number of carbonyl (C=O) groups excluding carboxylic acids is 1. The Morgan fingerprint density at radius 2 is 1.92 bits per heavy atom. The van der Waals surface area contributed by atoms with Crippen LogP contribution in [0.1, 0.15) is 15.9 Å². The summed E-state index contributed by atoms with van der Waals surface area (Å²) in [6.07, 6.45) is 1.47. The van der Waals surface area contributed by atoms with E-state index in [4.69, 9.17) is 23.8 Å². The number of hydrogen-bond donors (Lipinski definition) is 3. The molecule has 0 aliphatic heterocycles. The number of aryl methyl sites for hydroxylation is 1. The van der Waals surface area contributed by atoms with Gasteiger partial charge >= 0.3 is 0 Å². The van der Waals surface area contributed by atoms with Crippen molar-refractivity contribution in [3.05, 3.63) is 64.9 Å². The van der Waals surface area contributed by atoms with Crippen molar-refractivity contribution >= 4 is 40.5 Å². The van der Waals surface area contributed by atoms with Crippen LogP contribution in [0.25, 0.3) is 5.69 Å². The summed E-state index contributed by atoms with van der Waals surface area (Å²) in [7, 11) is 0. The summed E-state index contributed by atoms with van der Waals surface area (Å²) in [6.45, 7) is 1.91. The molecule has 0 atom stereocenters. The van der Waals surface area contributed by atoms with Crippen molar-refractivity contribution in [3.63, 3.8) is 0 Å². The molecule has 10 heteroatoms. The maximum atomic E-state index is 12.2. The lowest BCUT2D eigenvalue weighted by Crippen LogP contribution is -2.43. The van der Waals surface area contributed by atoms with Crippen LogP contribution in [0.2, 0.25) is 5.02 Å². The average Bonchev–Trinajstić information content (AvgIpc) is 3.18. The maximum Gasteiger partial charge on any atom is 0.269 e. The van der Waals surface area contributed by atoms with Crippen LogP contribution in [-0.2, 0) is 0 Å². The molecule has 8 nitrogen and oxygen atoms in total. The zero-order chi connectivity index (χ0) is 18.5. The Morgan fingerprint density at radius 1 is 1.15 bits per heavy atom. The number of nitrogens with one attached hydrogen (secondary N) is 3. The quantitative estimate of drug-likeness (QED) is 0.468. The fraction of sp³-hybridized carbons (Fsp3) is 0.0625. The van der Waals surface area contributed by atoms with E-state index in [9.17, 15) is 4.79 Å². The second kappa shape index (κ2) is 7.89. The number of nitrogens with zero attached hydrogens (tertiary/aromatic N) is 4. The highest BCUT2D eigenvalue weighted by Gasteiger charge is 2.07. The molecule has 0 radical (unpaired) electrons. The van der Waals surface area contributed by atoms with Crippen LogP contribution in [0, 0.1) is 6.92 Å². The molecule has 1 aromatic heterocycles. The number of carbonyl (C=O) groups is 1. The van der Waals surface area contributed by atoms with Crippen molar-refractivity contribution in [3.8, 4) is 5.69 Å². The molecule has 0 aliphatic rings. The Balaban J connectivity index is 1.54. The summed E-state index contributed by atoms with van der Waals surface area (Å²) in [5.74, 6) is -0.334. The first-order valence-electron chi connectivity index (χ1n) is 7.50. The predicted molar refractivity (Wildman–Crippen MR) is 102 cm³/mol. The first-order chi connectivity index (χ1) is 12.5. The molecule has 1 heterocycles. The van der Waals surface area contributed by atoms with E-state index >= 15 is 0 Å². The van der Waals surface area contributed by atoms with Gasteiger partial charge in [-0.05, 0) is 71.5 Å². The molecular formula is C16H14ClN7OS. The molecule has 132 valence electrons. The lowest BCUT2D eigenvalue weighted by molar-refractivity contribution is 0.0944. The van der Waals surface area contributed by atoms with E-state index in [1.165, 1.54) is 11.0 Å². The summed E-state index contributed by atoms with van der Waals surface area (Å²) in [5, 5.41) is 14.7. The van der Waals surface area contributed by atoms with Gasteiger partial charge in [-0.25, -0.2) is 4.68 Å². The Hall–Kier alpha value is -3.04. The van der Waals surface area contributed by atoms with Gasteiger partial charge in [-0.1, -0.05) is 17.7 Å². The highest BCUT2D eigenvalue weighted by molar-refractivity contribution is 7.80. The summed E-state index contributed by atoms with van der Waals surface area (Å²) >= 11 is 11.2. The van der Waals surface area contributed by atoms with E-state index in [1.54, 1.807) is 30.3 Å². The largest absolute Gasteiger partial charge is 0.331 e. The Morgan fingerprint density at radius 3 is 2.58 bits per heavy atom. The van der Waals surface area contributed by atoms with Gasteiger partial charge in [-0.2, -0.15) is 0 Å². The molecule has 3 N–H and O–H groups in total. The number of anilines is 1. The second-order valence-corrected chi connectivity index (χ2v) is 6.11. The molecule has 0 aliphatic carbocycles. The fourth-order valence-corrected chi connectivity index (χ4v) is 2.41. The van der Waals surface area contributed by atoms with E-state index < -0.39 is 0 Å². The molecule has 0 fully saturated rings. The van der Waals surface area contributed by atoms with Gasteiger partial charge in [0.1, 0.15) is 6.33 Å². The number of halogens is 1. The van der Waals surface area contributed by atoms with Gasteiger partial charge in [0.2, 0.25) is 0 Å². The molecule has 3 aromatic rings. The minimum absolute atomic E-state index is 0.239. The van der Waals surface area contributed by atoms with Crippen molar-refractivity contribution in [1.82, 2.24) is 31.1 Å². The lowest BCUT2D eigenvalue weighted by Gasteiger charge is -2.12. The minimum Gasteiger partial charge on any atom is -0.331 e. The van der Waals surface area contributed by atoms with Gasteiger partial charge in [0.25, 0.3) is 5.91 Å². The van der Waals surface area contributed by atoms with E-state index in [-0.39, 0.29) is 11.0 Å². The number of amides is 1. The van der Waals surface area contributed by atoms with Crippen molar-refractivity contribution in [2.24, 2.45) is 0 Å². The SMILES string of the molecule is Cc1ccc(NC(=S)NNC(=O)c2ccc(-n3cnnn3)cc2)cc1Cl. The third kappa shape index (κ3) is 4.32. The lowest BCUT2D eigenvalue weighted by atomic mass is 10.2. The van der Waals surface area contributed by atoms with E-state index in [0.29, 0.717) is 10.6 Å². The van der Waals surface area contributed by atoms with Crippen LogP contribution in [-0.4, -0.2) is 31.2 Å². The number of hydrazine groups is 1. The molecular weight excluding hydrogens is 374 g/mol. The predicted octanol–water partition coefficient (Wildman–Crippen LogP) is 2.26. The molecule has 3 rings (SSSR count). The van der Waals surface area contributed by atoms with Gasteiger partial charge in [-0.3, -0.25) is 15.6 Å². The fourth-order valence-electron chi connectivity index (χ4n) is 2.06. The van der Waals surface area contributed by atoms with Crippen molar-refractivity contribution in [2.75, 3.05) is 5.32 Å². The number of thiocarbonyl (C=S) groups is 1. The van der Waals surface area contributed by atoms with E-state index in [1.807, 2.05) is 19.1 Å². The summed E-state index contributed by atoms with van der Waals surface area (Å²) in [4.78, 5) is 12.2. The third-order valence-corrected chi connectivity index (χ3v) is 4.07. The molecule has 2 aromatic carbocycles. The first kappa shape index (κ1) is 17.8. The summed E-state index contributed by atoms with van der Waals surface area (Å²) in [6, 6.07) is 12.2. The van der Waals surface area contributed by atoms with E-state index in [2.05, 4.69) is 31.7 Å². The van der Waals surface area contributed by atoms with Gasteiger partial charge in [-0.15, -0.1) is 5.10 Å². The monoisotopic (exact) mass is 387 g/mol. The van der Waals surface area contributed by atoms with Gasteiger partial charge in [0, 0.05) is 16.3 Å². The Labute approximate surface area is 159 Å². The Bertz CT molecular complexity index is 928. The Kier molecular flexibility index (Phi) is 5.40. The van der Waals surface area contributed by atoms with E-state index in [0.717, 1.165) is 16.9 Å². The van der Waals surface area contributed by atoms with Crippen LogP contribution < -0.4 is 16.2 Å². The molecule has 0 spiro atoms. The second-order valence-electron chi connectivity index (χ2n) is 5.30. The zero-order valence-electron chi connectivity index (χ0n) is 13.6. The zero-order valence-corrected chi connectivity index (χ0v) is 15.2. The van der Waals surface area contributed by atoms with Crippen molar-refractivity contribution in [1.29, 1.82) is 0 Å². The van der Waals surface area contributed by atoms with Crippen molar-refractivity contribution < 1.29 is 4.79 Å². The standard InChI is InChI=1S/C16H14ClN7OS/c1-10-2-5-12(8-14(10)17)19-16(26)21-20-15(25)11-3-6-13(7-4-11)24-9-18-22-23-24/h2-9H,1H3,(H,20,25)(H2,19,21,26). The normalized spacial score (nSPS) is 10.2. The average molecular weight is 388 g/mol. The molecule has 1 amide bonds. The third-order valence-electron chi connectivity index (χ3n) is 3.46. The first-order valence-corrected chi connectivity index (χ1v) is 8.28. The summed E-state index contributed by atoms with van der Waals surface area (Å²) < 4.78 is 1.49. The molecule has 0 saturated heterocycles.